The summed E-state index contributed by atoms with van der Waals surface area (Å²) in [6.45, 7) is 6.85. The third-order valence-electron chi connectivity index (χ3n) is 5.57. The van der Waals surface area contributed by atoms with E-state index in [0.717, 1.165) is 21.0 Å². The summed E-state index contributed by atoms with van der Waals surface area (Å²) < 4.78 is 42.4. The van der Waals surface area contributed by atoms with Crippen LogP contribution in [0.3, 0.4) is 0 Å². The number of carbonyl (C=O) groups excluding carboxylic acids is 1. The number of para-hydroxylation sites is 1. The molecule has 0 fully saturated rings. The fraction of sp³-hybridized carbons (Fsp3) is 0.269. The van der Waals surface area contributed by atoms with Gasteiger partial charge in [0.2, 0.25) is 15.9 Å². The molecule has 0 bridgehead atoms. The SMILES string of the molecule is Cc1ccc(S(=O)(=O)N(CC(=O)Nc2c(C)cccc2C(C)C)Cc2c(F)cccc2Cl)cc1. The maximum atomic E-state index is 14.5. The molecule has 0 aromatic heterocycles. The molecule has 0 atom stereocenters. The van der Waals surface area contributed by atoms with Gasteiger partial charge < -0.3 is 5.32 Å². The van der Waals surface area contributed by atoms with Crippen LogP contribution in [0.15, 0.2) is 65.6 Å². The Bertz CT molecular complexity index is 1270. The molecule has 0 aliphatic heterocycles. The molecule has 3 aromatic rings. The first-order valence-corrected chi connectivity index (χ1v) is 12.7. The van der Waals surface area contributed by atoms with E-state index in [1.165, 1.54) is 30.3 Å². The molecule has 0 saturated carbocycles. The molecule has 1 amide bonds. The summed E-state index contributed by atoms with van der Waals surface area (Å²) in [6, 6.07) is 16.1. The van der Waals surface area contributed by atoms with E-state index in [1.54, 1.807) is 12.1 Å². The van der Waals surface area contributed by atoms with Gasteiger partial charge in [0.25, 0.3) is 0 Å². The first-order chi connectivity index (χ1) is 16.0. The Hall–Kier alpha value is -2.74. The third-order valence-corrected chi connectivity index (χ3v) is 7.73. The number of nitrogens with one attached hydrogen (secondary N) is 1. The van der Waals surface area contributed by atoms with Crippen LogP contribution in [0.5, 0.6) is 0 Å². The van der Waals surface area contributed by atoms with Crippen LogP contribution in [-0.4, -0.2) is 25.2 Å². The summed E-state index contributed by atoms with van der Waals surface area (Å²) in [5.74, 6) is -1.02. The normalized spacial score (nSPS) is 11.8. The first-order valence-electron chi connectivity index (χ1n) is 10.9. The molecule has 3 rings (SSSR count). The average Bonchev–Trinajstić information content (AvgIpc) is 2.77. The van der Waals surface area contributed by atoms with Crippen molar-refractivity contribution < 1.29 is 17.6 Å². The lowest BCUT2D eigenvalue weighted by Gasteiger charge is -2.24. The van der Waals surface area contributed by atoms with Gasteiger partial charge in [0, 0.05) is 22.8 Å². The van der Waals surface area contributed by atoms with Crippen molar-refractivity contribution in [2.45, 2.75) is 45.1 Å². The quantitative estimate of drug-likeness (QED) is 0.408. The lowest BCUT2D eigenvalue weighted by atomic mass is 9.98. The summed E-state index contributed by atoms with van der Waals surface area (Å²) in [4.78, 5) is 13.1. The van der Waals surface area contributed by atoms with Crippen molar-refractivity contribution in [2.24, 2.45) is 0 Å². The third kappa shape index (κ3) is 5.84. The van der Waals surface area contributed by atoms with Crippen LogP contribution in [-0.2, 0) is 21.4 Å². The number of hydrogen-bond acceptors (Lipinski definition) is 3. The van der Waals surface area contributed by atoms with E-state index in [9.17, 15) is 17.6 Å². The van der Waals surface area contributed by atoms with Gasteiger partial charge in [-0.1, -0.05) is 67.4 Å². The lowest BCUT2D eigenvalue weighted by molar-refractivity contribution is -0.116. The Morgan fingerprint density at radius 1 is 1.03 bits per heavy atom. The van der Waals surface area contributed by atoms with Gasteiger partial charge in [-0.3, -0.25) is 4.79 Å². The van der Waals surface area contributed by atoms with E-state index in [-0.39, 0.29) is 27.9 Å². The fourth-order valence-corrected chi connectivity index (χ4v) is 5.21. The van der Waals surface area contributed by atoms with Crippen molar-refractivity contribution in [3.05, 3.63) is 93.8 Å². The zero-order valence-corrected chi connectivity index (χ0v) is 21.2. The Balaban J connectivity index is 1.98. The number of nitrogens with zero attached hydrogens (tertiary/aromatic N) is 1. The van der Waals surface area contributed by atoms with Gasteiger partial charge in [0.15, 0.2) is 0 Å². The van der Waals surface area contributed by atoms with E-state index < -0.39 is 28.3 Å². The van der Waals surface area contributed by atoms with Gasteiger partial charge in [-0.2, -0.15) is 4.31 Å². The van der Waals surface area contributed by atoms with Gasteiger partial charge in [-0.05, 0) is 55.2 Å². The summed E-state index contributed by atoms with van der Waals surface area (Å²) in [5.41, 5.74) is 3.36. The zero-order valence-electron chi connectivity index (χ0n) is 19.6. The second-order valence-corrected chi connectivity index (χ2v) is 10.9. The topological polar surface area (TPSA) is 66.5 Å². The number of anilines is 1. The van der Waals surface area contributed by atoms with Gasteiger partial charge in [-0.25, -0.2) is 12.8 Å². The molecule has 5 nitrogen and oxygen atoms in total. The minimum Gasteiger partial charge on any atom is -0.324 e. The molecule has 0 saturated heterocycles. The van der Waals surface area contributed by atoms with Gasteiger partial charge in [-0.15, -0.1) is 0 Å². The highest BCUT2D eigenvalue weighted by molar-refractivity contribution is 7.89. The number of rotatable bonds is 8. The molecule has 1 N–H and O–H groups in total. The highest BCUT2D eigenvalue weighted by atomic mass is 35.5. The van der Waals surface area contributed by atoms with E-state index in [0.29, 0.717) is 5.69 Å². The molecule has 0 radical (unpaired) electrons. The smallest absolute Gasteiger partial charge is 0.243 e. The number of sulfonamides is 1. The second-order valence-electron chi connectivity index (χ2n) is 8.53. The molecular formula is C26H28ClFN2O3S. The summed E-state index contributed by atoms with van der Waals surface area (Å²) in [5, 5.41) is 2.95. The maximum absolute atomic E-state index is 14.5. The van der Waals surface area contributed by atoms with E-state index in [2.05, 4.69) is 5.32 Å². The van der Waals surface area contributed by atoms with E-state index in [4.69, 9.17) is 11.6 Å². The summed E-state index contributed by atoms with van der Waals surface area (Å²) in [6.07, 6.45) is 0. The van der Waals surface area contributed by atoms with Crippen molar-refractivity contribution >= 4 is 33.2 Å². The number of carbonyl (C=O) groups is 1. The molecule has 0 spiro atoms. The van der Waals surface area contributed by atoms with Gasteiger partial charge in [0.1, 0.15) is 5.82 Å². The second kappa shape index (κ2) is 10.7. The van der Waals surface area contributed by atoms with E-state index in [1.807, 2.05) is 45.9 Å². The molecular weight excluding hydrogens is 475 g/mol. The Morgan fingerprint density at radius 2 is 1.68 bits per heavy atom. The molecule has 34 heavy (non-hydrogen) atoms. The van der Waals surface area contributed by atoms with E-state index >= 15 is 0 Å². The Labute approximate surface area is 205 Å². The molecule has 3 aromatic carbocycles. The standard InChI is InChI=1S/C26H28ClFN2O3S/c1-17(2)21-8-5-7-19(4)26(21)29-25(31)16-30(15-22-23(27)9-6-10-24(22)28)34(32,33)20-13-11-18(3)12-14-20/h5-14,17H,15-16H2,1-4H3,(H,29,31). The first kappa shape index (κ1) is 25.9. The van der Waals surface area contributed by atoms with Crippen LogP contribution < -0.4 is 5.32 Å². The van der Waals surface area contributed by atoms with Crippen LogP contribution in [0.4, 0.5) is 10.1 Å². The zero-order chi connectivity index (χ0) is 25.0. The van der Waals surface area contributed by atoms with Crippen molar-refractivity contribution in [3.63, 3.8) is 0 Å². The van der Waals surface area contributed by atoms with Crippen LogP contribution >= 0.6 is 11.6 Å². The number of benzene rings is 3. The highest BCUT2D eigenvalue weighted by Crippen LogP contribution is 2.28. The number of hydrogen-bond donors (Lipinski definition) is 1. The number of aryl methyl sites for hydroxylation is 2. The lowest BCUT2D eigenvalue weighted by Crippen LogP contribution is -2.38. The summed E-state index contributed by atoms with van der Waals surface area (Å²) in [7, 11) is -4.13. The molecule has 0 aliphatic carbocycles. The van der Waals surface area contributed by atoms with Crippen LogP contribution in [0.1, 0.15) is 42.0 Å². The van der Waals surface area contributed by atoms with Gasteiger partial charge in [0.05, 0.1) is 11.4 Å². The predicted molar refractivity (Wildman–Crippen MR) is 134 cm³/mol. The average molecular weight is 503 g/mol. The maximum Gasteiger partial charge on any atom is 0.243 e. The Morgan fingerprint density at radius 3 is 2.29 bits per heavy atom. The number of halogens is 2. The van der Waals surface area contributed by atoms with Crippen molar-refractivity contribution in [3.8, 4) is 0 Å². The van der Waals surface area contributed by atoms with Crippen molar-refractivity contribution in [1.29, 1.82) is 0 Å². The Kier molecular flexibility index (Phi) is 8.13. The molecule has 0 aliphatic rings. The van der Waals surface area contributed by atoms with Crippen LogP contribution in [0, 0.1) is 19.7 Å². The molecule has 180 valence electrons. The molecule has 8 heteroatoms. The monoisotopic (exact) mass is 502 g/mol. The minimum atomic E-state index is -4.13. The molecule has 0 unspecified atom stereocenters. The van der Waals surface area contributed by atoms with Crippen molar-refractivity contribution in [2.75, 3.05) is 11.9 Å². The van der Waals surface area contributed by atoms with Crippen molar-refractivity contribution in [1.82, 2.24) is 4.31 Å². The highest BCUT2D eigenvalue weighted by Gasteiger charge is 2.29. The largest absolute Gasteiger partial charge is 0.324 e. The predicted octanol–water partition coefficient (Wildman–Crippen LogP) is 6.05. The van der Waals surface area contributed by atoms with Gasteiger partial charge >= 0.3 is 0 Å². The summed E-state index contributed by atoms with van der Waals surface area (Å²) >= 11 is 6.17. The van der Waals surface area contributed by atoms with Crippen LogP contribution in [0.25, 0.3) is 0 Å². The minimum absolute atomic E-state index is 0.00594. The number of amides is 1. The molecule has 0 heterocycles. The van der Waals surface area contributed by atoms with Crippen LogP contribution in [0.2, 0.25) is 5.02 Å². The fourth-order valence-electron chi connectivity index (χ4n) is 3.63.